The minimum atomic E-state index is -6.29. The third kappa shape index (κ3) is 6.45. The summed E-state index contributed by atoms with van der Waals surface area (Å²) in [6.45, 7) is 4.74. The van der Waals surface area contributed by atoms with Crippen LogP contribution in [0.5, 0.6) is 5.75 Å². The molecule has 14 heteroatoms. The van der Waals surface area contributed by atoms with Gasteiger partial charge in [0.05, 0.1) is 24.9 Å². The highest BCUT2D eigenvalue weighted by Crippen LogP contribution is 2.48. The van der Waals surface area contributed by atoms with E-state index in [0.29, 0.717) is 42.9 Å². The summed E-state index contributed by atoms with van der Waals surface area (Å²) in [5, 5.41) is 0. The Morgan fingerprint density at radius 1 is 1.11 bits per heavy atom. The lowest BCUT2D eigenvalue weighted by atomic mass is 9.81. The van der Waals surface area contributed by atoms with E-state index in [9.17, 15) is 39.6 Å². The molecule has 3 rings (SSSR count). The molecule has 1 aliphatic carbocycles. The van der Waals surface area contributed by atoms with Crippen molar-refractivity contribution >= 4 is 16.1 Å². The summed E-state index contributed by atoms with van der Waals surface area (Å²) in [6, 6.07) is 0.842. The van der Waals surface area contributed by atoms with E-state index in [1.54, 1.807) is 6.08 Å². The van der Waals surface area contributed by atoms with Crippen LogP contribution in [0.15, 0.2) is 35.6 Å². The van der Waals surface area contributed by atoms with E-state index in [4.69, 9.17) is 9.47 Å². The summed E-state index contributed by atoms with van der Waals surface area (Å²) >= 11 is 0. The molecule has 2 aliphatic rings. The Bertz CT molecular complexity index is 1240. The Kier molecular flexibility index (Phi) is 8.19. The van der Waals surface area contributed by atoms with E-state index in [2.05, 4.69) is 8.92 Å². The lowest BCUT2D eigenvalue weighted by Gasteiger charge is -2.33. The number of fused-ring (bicyclic) bond motifs is 1. The standard InChI is InChI=1S/C24H26F6O7S/c1-22(2,3)36-20(21(31)34-4)19-15(23(25,26)27)8-10-17(37-38(32,33)24(28,29)30)18(19)14-7-9-16-13(12-14)6-5-11-35-16/h8-10,12,14,20H,5-7,11H2,1-4H3. The predicted octanol–water partition coefficient (Wildman–Crippen LogP) is 6.07. The first-order valence-corrected chi connectivity index (χ1v) is 12.8. The van der Waals surface area contributed by atoms with E-state index in [-0.39, 0.29) is 6.42 Å². The van der Waals surface area contributed by atoms with Crippen molar-refractivity contribution in [2.75, 3.05) is 13.7 Å². The van der Waals surface area contributed by atoms with Crippen LogP contribution in [0.1, 0.15) is 68.7 Å². The van der Waals surface area contributed by atoms with Crippen molar-refractivity contribution in [1.82, 2.24) is 0 Å². The van der Waals surface area contributed by atoms with Gasteiger partial charge in [-0.1, -0.05) is 6.08 Å². The van der Waals surface area contributed by atoms with Crippen molar-refractivity contribution in [2.24, 2.45) is 0 Å². The molecule has 0 spiro atoms. The third-order valence-electron chi connectivity index (χ3n) is 5.68. The van der Waals surface area contributed by atoms with Crippen LogP contribution < -0.4 is 4.18 Å². The minimum absolute atomic E-state index is 0.0843. The van der Waals surface area contributed by atoms with Crippen LogP contribution in [-0.2, 0) is 35.3 Å². The number of halogens is 6. The van der Waals surface area contributed by atoms with Crippen molar-refractivity contribution in [1.29, 1.82) is 0 Å². The Morgan fingerprint density at radius 3 is 2.32 bits per heavy atom. The summed E-state index contributed by atoms with van der Waals surface area (Å²) < 4.78 is 127. The van der Waals surface area contributed by atoms with Gasteiger partial charge in [0.15, 0.2) is 6.10 Å². The second-order valence-electron chi connectivity index (χ2n) is 9.61. The number of benzene rings is 1. The highest BCUT2D eigenvalue weighted by molar-refractivity contribution is 7.88. The number of carbonyl (C=O) groups is 1. The average Bonchev–Trinajstić information content (AvgIpc) is 2.79. The van der Waals surface area contributed by atoms with Crippen molar-refractivity contribution in [3.63, 3.8) is 0 Å². The number of alkyl halides is 6. The summed E-state index contributed by atoms with van der Waals surface area (Å²) in [5.41, 5.74) is -9.44. The van der Waals surface area contributed by atoms with Crippen molar-refractivity contribution < 1.29 is 57.9 Å². The molecule has 1 heterocycles. The average molecular weight is 573 g/mol. The minimum Gasteiger partial charge on any atom is -0.494 e. The highest BCUT2D eigenvalue weighted by Gasteiger charge is 2.50. The second-order valence-corrected chi connectivity index (χ2v) is 11.1. The lowest BCUT2D eigenvalue weighted by molar-refractivity contribution is -0.166. The fourth-order valence-electron chi connectivity index (χ4n) is 4.21. The molecule has 1 aliphatic heterocycles. The predicted molar refractivity (Wildman–Crippen MR) is 121 cm³/mol. The summed E-state index contributed by atoms with van der Waals surface area (Å²) in [5.74, 6) is -2.95. The number of hydrogen-bond acceptors (Lipinski definition) is 7. The second kappa shape index (κ2) is 10.4. The topological polar surface area (TPSA) is 88.1 Å². The fraction of sp³-hybridized carbons (Fsp3) is 0.542. The van der Waals surface area contributed by atoms with Gasteiger partial charge in [-0.3, -0.25) is 0 Å². The van der Waals surface area contributed by atoms with Gasteiger partial charge in [0.1, 0.15) is 11.5 Å². The van der Waals surface area contributed by atoms with Crippen molar-refractivity contribution in [3.05, 3.63) is 52.3 Å². The van der Waals surface area contributed by atoms with Crippen LogP contribution in [0, 0.1) is 0 Å². The number of allylic oxidation sites excluding steroid dienone is 3. The van der Waals surface area contributed by atoms with Crippen LogP contribution in [0.2, 0.25) is 0 Å². The van der Waals surface area contributed by atoms with Crippen molar-refractivity contribution in [2.45, 2.75) is 69.3 Å². The van der Waals surface area contributed by atoms with Gasteiger partial charge in [-0.15, -0.1) is 0 Å². The molecule has 0 bridgehead atoms. The molecule has 38 heavy (non-hydrogen) atoms. The van der Waals surface area contributed by atoms with E-state index in [1.165, 1.54) is 26.8 Å². The maximum absolute atomic E-state index is 14.3. The van der Waals surface area contributed by atoms with Gasteiger partial charge < -0.3 is 18.4 Å². The van der Waals surface area contributed by atoms with Gasteiger partial charge in [0, 0.05) is 17.0 Å². The maximum Gasteiger partial charge on any atom is 0.534 e. The normalized spacial score (nSPS) is 19.5. The van der Waals surface area contributed by atoms with E-state index >= 15 is 0 Å². The smallest absolute Gasteiger partial charge is 0.494 e. The molecule has 2 atom stereocenters. The SMILES string of the molecule is COC(=O)C(OC(C)(C)C)c1c(C(F)(F)F)ccc(OS(=O)(=O)C(F)(F)F)c1C1C=C2CCCOC2=CC1. The lowest BCUT2D eigenvalue weighted by Crippen LogP contribution is -2.32. The zero-order valence-corrected chi connectivity index (χ0v) is 21.6. The number of esters is 1. The fourth-order valence-corrected chi connectivity index (χ4v) is 4.69. The summed E-state index contributed by atoms with van der Waals surface area (Å²) in [6.07, 6.45) is -3.22. The van der Waals surface area contributed by atoms with E-state index in [0.717, 1.165) is 7.11 Å². The quantitative estimate of drug-likeness (QED) is 0.177. The Labute approximate surface area is 215 Å². The molecule has 212 valence electrons. The Balaban J connectivity index is 2.39. The zero-order chi connectivity index (χ0) is 28.7. The van der Waals surface area contributed by atoms with Crippen LogP contribution >= 0.6 is 0 Å². The molecule has 1 fully saturated rings. The molecule has 2 unspecified atom stereocenters. The van der Waals surface area contributed by atoms with Gasteiger partial charge in [-0.05, 0) is 63.8 Å². The molecule has 0 aromatic heterocycles. The van der Waals surface area contributed by atoms with E-state index in [1.807, 2.05) is 0 Å². The van der Waals surface area contributed by atoms with Gasteiger partial charge >= 0.3 is 27.8 Å². The number of methoxy groups -OCH3 is 1. The Hall–Kier alpha value is -2.74. The van der Waals surface area contributed by atoms with Crippen LogP contribution in [-0.4, -0.2) is 39.2 Å². The molecule has 7 nitrogen and oxygen atoms in total. The Morgan fingerprint density at radius 2 is 1.76 bits per heavy atom. The van der Waals surface area contributed by atoms with E-state index < -0.39 is 67.8 Å². The first kappa shape index (κ1) is 29.8. The number of ether oxygens (including phenoxy) is 3. The summed E-state index contributed by atoms with van der Waals surface area (Å²) in [4.78, 5) is 12.8. The van der Waals surface area contributed by atoms with Crippen LogP contribution in [0.25, 0.3) is 0 Å². The van der Waals surface area contributed by atoms with Gasteiger partial charge in [-0.25, -0.2) is 4.79 Å². The zero-order valence-electron chi connectivity index (χ0n) is 20.8. The van der Waals surface area contributed by atoms with Gasteiger partial charge in [-0.2, -0.15) is 34.8 Å². The molecule has 0 radical (unpaired) electrons. The van der Waals surface area contributed by atoms with Crippen molar-refractivity contribution in [3.8, 4) is 5.75 Å². The van der Waals surface area contributed by atoms with Gasteiger partial charge in [0.25, 0.3) is 0 Å². The highest BCUT2D eigenvalue weighted by atomic mass is 32.2. The molecular formula is C24H26F6O7S. The number of hydrogen-bond donors (Lipinski definition) is 0. The molecule has 0 N–H and O–H groups in total. The molecule has 1 aromatic carbocycles. The number of rotatable bonds is 6. The first-order chi connectivity index (χ1) is 17.4. The van der Waals surface area contributed by atoms with Crippen LogP contribution in [0.3, 0.4) is 0 Å². The molecule has 0 amide bonds. The molecule has 1 saturated heterocycles. The summed E-state index contributed by atoms with van der Waals surface area (Å²) in [7, 11) is -5.38. The molecular weight excluding hydrogens is 546 g/mol. The largest absolute Gasteiger partial charge is 0.534 e. The van der Waals surface area contributed by atoms with Crippen LogP contribution in [0.4, 0.5) is 26.3 Å². The monoisotopic (exact) mass is 572 g/mol. The molecule has 0 saturated carbocycles. The number of carbonyl (C=O) groups excluding carboxylic acids is 1. The third-order valence-corrected chi connectivity index (χ3v) is 6.65. The van der Waals surface area contributed by atoms with Gasteiger partial charge in [0.2, 0.25) is 0 Å². The first-order valence-electron chi connectivity index (χ1n) is 11.4. The maximum atomic E-state index is 14.3. The molecule has 1 aromatic rings.